The number of carbonyl (C=O) groups excluding carboxylic acids is 1. The molecule has 2 N–H and O–H groups in total. The summed E-state index contributed by atoms with van der Waals surface area (Å²) in [5.41, 5.74) is 6.23. The maximum absolute atomic E-state index is 12.3. The molecule has 1 aliphatic rings. The molecule has 0 fully saturated rings. The number of anilines is 1. The van der Waals surface area contributed by atoms with Gasteiger partial charge in [0.1, 0.15) is 6.61 Å². The van der Waals surface area contributed by atoms with Gasteiger partial charge in [0.05, 0.1) is 5.92 Å². The predicted octanol–water partition coefficient (Wildman–Crippen LogP) is 5.31. The third kappa shape index (κ3) is 4.06. The monoisotopic (exact) mass is 401 g/mol. The van der Waals surface area contributed by atoms with Crippen LogP contribution in [0.25, 0.3) is 11.1 Å². The molecule has 3 aromatic carbocycles. The Kier molecular flexibility index (Phi) is 5.53. The molecule has 0 heterocycles. The van der Waals surface area contributed by atoms with Crippen molar-refractivity contribution in [3.8, 4) is 11.1 Å². The van der Waals surface area contributed by atoms with Crippen LogP contribution in [-0.2, 0) is 16.0 Å². The molecule has 0 aromatic heterocycles. The zero-order valence-corrected chi connectivity index (χ0v) is 16.7. The van der Waals surface area contributed by atoms with Gasteiger partial charge in [0.15, 0.2) is 0 Å². The lowest BCUT2D eigenvalue weighted by atomic mass is 9.98. The topological polar surface area (TPSA) is 75.6 Å². The second-order valence-corrected chi connectivity index (χ2v) is 7.59. The molecule has 1 aliphatic carbocycles. The minimum absolute atomic E-state index is 0.0167. The lowest BCUT2D eigenvalue weighted by Gasteiger charge is -2.15. The number of aliphatic carboxylic acids is 1. The Morgan fingerprint density at radius 1 is 0.933 bits per heavy atom. The summed E-state index contributed by atoms with van der Waals surface area (Å²) in [4.78, 5) is 23.3. The molecular formula is C25H23NO4. The highest BCUT2D eigenvalue weighted by Crippen LogP contribution is 2.44. The van der Waals surface area contributed by atoms with Crippen LogP contribution in [0.1, 0.15) is 29.5 Å². The van der Waals surface area contributed by atoms with Gasteiger partial charge in [0.2, 0.25) is 0 Å². The molecule has 0 bridgehead atoms. The Balaban J connectivity index is 1.38. The van der Waals surface area contributed by atoms with Crippen LogP contribution in [0, 0.1) is 5.92 Å². The van der Waals surface area contributed by atoms with Gasteiger partial charge in [0, 0.05) is 11.6 Å². The van der Waals surface area contributed by atoms with Crippen molar-refractivity contribution < 1.29 is 19.4 Å². The van der Waals surface area contributed by atoms with Crippen LogP contribution in [0.3, 0.4) is 0 Å². The highest BCUT2D eigenvalue weighted by molar-refractivity contribution is 5.85. The maximum Gasteiger partial charge on any atom is 0.411 e. The van der Waals surface area contributed by atoms with Crippen LogP contribution in [-0.4, -0.2) is 23.8 Å². The van der Waals surface area contributed by atoms with Crippen LogP contribution < -0.4 is 5.32 Å². The molecule has 1 atom stereocenters. The number of nitrogens with one attached hydrogen (secondary N) is 1. The smallest absolute Gasteiger partial charge is 0.411 e. The molecule has 0 spiro atoms. The molecule has 0 aliphatic heterocycles. The van der Waals surface area contributed by atoms with E-state index in [0.717, 1.165) is 5.56 Å². The van der Waals surface area contributed by atoms with Gasteiger partial charge in [0.25, 0.3) is 0 Å². The Morgan fingerprint density at radius 2 is 1.50 bits per heavy atom. The largest absolute Gasteiger partial charge is 0.481 e. The number of carbonyl (C=O) groups is 2. The van der Waals surface area contributed by atoms with E-state index in [1.165, 1.54) is 22.3 Å². The standard InChI is InChI=1S/C25H23NO4/c1-16(24(27)28)14-17-10-12-18(13-11-17)26-25(29)30-15-23-21-8-4-2-6-19(21)20-7-3-5-9-22(20)23/h2-13,16,23H,14-15H2,1H3,(H,26,29)(H,27,28)/t16-/m1/s1. The molecule has 30 heavy (non-hydrogen) atoms. The van der Waals surface area contributed by atoms with Crippen molar-refractivity contribution in [2.24, 2.45) is 5.92 Å². The third-order valence-electron chi connectivity index (χ3n) is 5.51. The molecule has 0 unspecified atom stereocenters. The lowest BCUT2D eigenvalue weighted by Crippen LogP contribution is -2.18. The molecule has 152 valence electrons. The number of carboxylic acids is 1. The van der Waals surface area contributed by atoms with E-state index in [1.54, 1.807) is 19.1 Å². The molecule has 3 aromatic rings. The number of hydrogen-bond acceptors (Lipinski definition) is 3. The van der Waals surface area contributed by atoms with Gasteiger partial charge in [-0.05, 0) is 46.4 Å². The number of amides is 1. The number of hydrogen-bond donors (Lipinski definition) is 2. The van der Waals surface area contributed by atoms with Crippen molar-refractivity contribution in [3.63, 3.8) is 0 Å². The fourth-order valence-electron chi connectivity index (χ4n) is 3.92. The minimum Gasteiger partial charge on any atom is -0.481 e. The fourth-order valence-corrected chi connectivity index (χ4v) is 3.92. The maximum atomic E-state index is 12.3. The Bertz CT molecular complexity index is 1030. The quantitative estimate of drug-likeness (QED) is 0.587. The van der Waals surface area contributed by atoms with Gasteiger partial charge in [-0.25, -0.2) is 4.79 Å². The Morgan fingerprint density at radius 3 is 2.07 bits per heavy atom. The van der Waals surface area contributed by atoms with Gasteiger partial charge in [-0.3, -0.25) is 10.1 Å². The summed E-state index contributed by atoms with van der Waals surface area (Å²) in [6.07, 6.45) is -0.0656. The minimum atomic E-state index is -0.823. The number of fused-ring (bicyclic) bond motifs is 3. The predicted molar refractivity (Wildman–Crippen MR) is 116 cm³/mol. The van der Waals surface area contributed by atoms with E-state index in [1.807, 2.05) is 36.4 Å². The normalized spacial score (nSPS) is 13.2. The van der Waals surface area contributed by atoms with Crippen molar-refractivity contribution in [2.75, 3.05) is 11.9 Å². The summed E-state index contributed by atoms with van der Waals surface area (Å²) in [6.45, 7) is 1.93. The van der Waals surface area contributed by atoms with E-state index in [-0.39, 0.29) is 12.5 Å². The molecule has 1 amide bonds. The second-order valence-electron chi connectivity index (χ2n) is 7.59. The second kappa shape index (κ2) is 8.41. The Labute approximate surface area is 175 Å². The van der Waals surface area contributed by atoms with E-state index in [9.17, 15) is 9.59 Å². The van der Waals surface area contributed by atoms with Crippen LogP contribution in [0.2, 0.25) is 0 Å². The van der Waals surface area contributed by atoms with E-state index in [0.29, 0.717) is 12.1 Å². The van der Waals surface area contributed by atoms with Gasteiger partial charge in [-0.2, -0.15) is 0 Å². The van der Waals surface area contributed by atoms with Crippen LogP contribution in [0.4, 0.5) is 10.5 Å². The highest BCUT2D eigenvalue weighted by Gasteiger charge is 2.29. The van der Waals surface area contributed by atoms with Crippen molar-refractivity contribution in [1.82, 2.24) is 0 Å². The number of ether oxygens (including phenoxy) is 1. The first-order chi connectivity index (χ1) is 14.5. The molecule has 0 radical (unpaired) electrons. The first kappa shape index (κ1) is 19.7. The average Bonchev–Trinajstić information content (AvgIpc) is 3.07. The highest BCUT2D eigenvalue weighted by atomic mass is 16.5. The third-order valence-corrected chi connectivity index (χ3v) is 5.51. The fraction of sp³-hybridized carbons (Fsp3) is 0.200. The lowest BCUT2D eigenvalue weighted by molar-refractivity contribution is -0.141. The number of carboxylic acid groups (broad SMARTS) is 1. The molecule has 4 rings (SSSR count). The number of rotatable bonds is 6. The van der Waals surface area contributed by atoms with Gasteiger partial charge < -0.3 is 9.84 Å². The van der Waals surface area contributed by atoms with Crippen LogP contribution in [0.5, 0.6) is 0 Å². The van der Waals surface area contributed by atoms with E-state index < -0.39 is 18.0 Å². The molecule has 5 heteroatoms. The van der Waals surface area contributed by atoms with Crippen molar-refractivity contribution in [3.05, 3.63) is 89.5 Å². The van der Waals surface area contributed by atoms with E-state index in [4.69, 9.17) is 9.84 Å². The summed E-state index contributed by atoms with van der Waals surface area (Å²) in [6, 6.07) is 23.6. The average molecular weight is 401 g/mol. The van der Waals surface area contributed by atoms with E-state index >= 15 is 0 Å². The summed E-state index contributed by atoms with van der Waals surface area (Å²) in [5.74, 6) is -1.26. The summed E-state index contributed by atoms with van der Waals surface area (Å²) >= 11 is 0. The van der Waals surface area contributed by atoms with E-state index in [2.05, 4.69) is 29.6 Å². The van der Waals surface area contributed by atoms with Gasteiger partial charge in [-0.15, -0.1) is 0 Å². The van der Waals surface area contributed by atoms with Gasteiger partial charge in [-0.1, -0.05) is 67.6 Å². The first-order valence-corrected chi connectivity index (χ1v) is 9.96. The molecule has 0 saturated carbocycles. The van der Waals surface area contributed by atoms with Gasteiger partial charge >= 0.3 is 12.1 Å². The molecule has 0 saturated heterocycles. The first-order valence-electron chi connectivity index (χ1n) is 9.96. The van der Waals surface area contributed by atoms with Crippen LogP contribution in [0.15, 0.2) is 72.8 Å². The summed E-state index contributed by atoms with van der Waals surface area (Å²) in [5, 5.41) is 11.8. The zero-order valence-electron chi connectivity index (χ0n) is 16.7. The van der Waals surface area contributed by atoms with Crippen LogP contribution >= 0.6 is 0 Å². The number of benzene rings is 3. The zero-order chi connectivity index (χ0) is 21.1. The molecule has 5 nitrogen and oxygen atoms in total. The SMILES string of the molecule is C[C@H](Cc1ccc(NC(=O)OCC2c3ccccc3-c3ccccc32)cc1)C(=O)O. The van der Waals surface area contributed by atoms with Crippen molar-refractivity contribution in [1.29, 1.82) is 0 Å². The van der Waals surface area contributed by atoms with Crippen molar-refractivity contribution >= 4 is 17.7 Å². The Hall–Kier alpha value is -3.60. The molecular weight excluding hydrogens is 378 g/mol. The summed E-state index contributed by atoms with van der Waals surface area (Å²) in [7, 11) is 0. The van der Waals surface area contributed by atoms with Crippen molar-refractivity contribution in [2.45, 2.75) is 19.3 Å². The summed E-state index contributed by atoms with van der Waals surface area (Å²) < 4.78 is 5.54.